The van der Waals surface area contributed by atoms with E-state index in [1.165, 1.54) is 5.75 Å². The maximum atomic E-state index is 4.96. The van der Waals surface area contributed by atoms with Gasteiger partial charge in [0.05, 0.1) is 6.61 Å². The smallest absolute Gasteiger partial charge is 0.191 e. The molecule has 90 valence electrons. The summed E-state index contributed by atoms with van der Waals surface area (Å²) in [6.45, 7) is 5.33. The number of aliphatic imine (C=N–C) groups is 1. The molecule has 0 fully saturated rings. The molecule has 4 nitrogen and oxygen atoms in total. The number of guanidine groups is 1. The minimum Gasteiger partial charge on any atom is -0.383 e. The summed E-state index contributed by atoms with van der Waals surface area (Å²) in [5.74, 6) is 2.05. The monoisotopic (exact) mass is 233 g/mol. The molecule has 0 aliphatic rings. The number of hydrogen-bond donors (Lipinski definition) is 2. The molecule has 0 spiro atoms. The summed E-state index contributed by atoms with van der Waals surface area (Å²) in [5, 5.41) is 6.40. The Hall–Kier alpha value is -0.420. The second-order valence-electron chi connectivity index (χ2n) is 3.03. The van der Waals surface area contributed by atoms with Gasteiger partial charge in [-0.1, -0.05) is 0 Å². The van der Waals surface area contributed by atoms with E-state index in [1.807, 2.05) is 11.8 Å². The summed E-state index contributed by atoms with van der Waals surface area (Å²) in [6.07, 6.45) is 3.24. The molecule has 5 heteroatoms. The zero-order valence-electron chi connectivity index (χ0n) is 10.0. The van der Waals surface area contributed by atoms with Crippen LogP contribution in [0.4, 0.5) is 0 Å². The lowest BCUT2D eigenvalue weighted by molar-refractivity contribution is 0.203. The van der Waals surface area contributed by atoms with Crippen molar-refractivity contribution in [2.24, 2.45) is 4.99 Å². The first-order chi connectivity index (χ1) is 7.35. The molecule has 0 unspecified atom stereocenters. The summed E-state index contributed by atoms with van der Waals surface area (Å²) < 4.78 is 4.96. The molecule has 0 aromatic carbocycles. The number of methoxy groups -OCH3 is 1. The summed E-state index contributed by atoms with van der Waals surface area (Å²) in [6, 6.07) is 0. The topological polar surface area (TPSA) is 45.7 Å². The van der Waals surface area contributed by atoms with Crippen LogP contribution in [0.15, 0.2) is 4.99 Å². The molecule has 15 heavy (non-hydrogen) atoms. The third-order valence-corrected chi connectivity index (χ3v) is 2.42. The van der Waals surface area contributed by atoms with Crippen LogP contribution in [0.5, 0.6) is 0 Å². The van der Waals surface area contributed by atoms with Crippen LogP contribution in [-0.2, 0) is 4.74 Å². The van der Waals surface area contributed by atoms with E-state index in [4.69, 9.17) is 4.74 Å². The Morgan fingerprint density at radius 2 is 2.20 bits per heavy atom. The van der Waals surface area contributed by atoms with Crippen LogP contribution in [-0.4, -0.2) is 51.3 Å². The summed E-state index contributed by atoms with van der Waals surface area (Å²) in [5.41, 5.74) is 0. The molecule has 0 radical (unpaired) electrons. The van der Waals surface area contributed by atoms with Crippen LogP contribution in [0.25, 0.3) is 0 Å². The Bertz CT molecular complexity index is 165. The van der Waals surface area contributed by atoms with Gasteiger partial charge in [0.1, 0.15) is 0 Å². The van der Waals surface area contributed by atoms with E-state index in [1.54, 1.807) is 7.11 Å². The van der Waals surface area contributed by atoms with E-state index < -0.39 is 0 Å². The predicted molar refractivity (Wildman–Crippen MR) is 68.9 cm³/mol. The van der Waals surface area contributed by atoms with Crippen molar-refractivity contribution in [2.45, 2.75) is 13.3 Å². The molecular formula is C10H23N3OS. The molecule has 0 saturated carbocycles. The second-order valence-corrected chi connectivity index (χ2v) is 4.01. The first-order valence-corrected chi connectivity index (χ1v) is 6.74. The fourth-order valence-electron chi connectivity index (χ4n) is 1.01. The second kappa shape index (κ2) is 11.7. The molecule has 0 rings (SSSR count). The van der Waals surface area contributed by atoms with Gasteiger partial charge in [-0.25, -0.2) is 0 Å². The molecule has 0 atom stereocenters. The maximum absolute atomic E-state index is 4.96. The number of thioether (sulfide) groups is 1. The number of ether oxygens (including phenoxy) is 1. The molecule has 0 aromatic rings. The van der Waals surface area contributed by atoms with Crippen LogP contribution < -0.4 is 10.6 Å². The first kappa shape index (κ1) is 14.6. The maximum Gasteiger partial charge on any atom is 0.191 e. The molecule has 0 aliphatic carbocycles. The standard InChI is InChI=1S/C10H23N3OS/c1-4-11-10(13-7-8-14-2)12-6-5-9-15-3/h4-9H2,1-3H3,(H2,11,12,13). The number of rotatable bonds is 8. The largest absolute Gasteiger partial charge is 0.383 e. The fourth-order valence-corrected chi connectivity index (χ4v) is 1.43. The minimum absolute atomic E-state index is 0.704. The summed E-state index contributed by atoms with van der Waals surface area (Å²) >= 11 is 1.86. The van der Waals surface area contributed by atoms with E-state index in [9.17, 15) is 0 Å². The lowest BCUT2D eigenvalue weighted by atomic mass is 10.5. The highest BCUT2D eigenvalue weighted by Gasteiger charge is 1.94. The third-order valence-electron chi connectivity index (χ3n) is 1.72. The highest BCUT2D eigenvalue weighted by atomic mass is 32.2. The Balaban J connectivity index is 3.68. The molecule has 0 saturated heterocycles. The van der Waals surface area contributed by atoms with Crippen molar-refractivity contribution in [2.75, 3.05) is 45.4 Å². The summed E-state index contributed by atoms with van der Waals surface area (Å²) in [7, 11) is 1.70. The minimum atomic E-state index is 0.704. The Kier molecular flexibility index (Phi) is 11.3. The van der Waals surface area contributed by atoms with Crippen LogP contribution in [0.3, 0.4) is 0 Å². The molecule has 0 heterocycles. The highest BCUT2D eigenvalue weighted by molar-refractivity contribution is 7.98. The SMILES string of the molecule is CCNC(=NCCCSC)NCCOC. The van der Waals surface area contributed by atoms with Gasteiger partial charge in [0, 0.05) is 26.7 Å². The van der Waals surface area contributed by atoms with E-state index in [-0.39, 0.29) is 0 Å². The van der Waals surface area contributed by atoms with Crippen molar-refractivity contribution < 1.29 is 4.74 Å². The van der Waals surface area contributed by atoms with Gasteiger partial charge in [0.2, 0.25) is 0 Å². The van der Waals surface area contributed by atoms with Crippen LogP contribution >= 0.6 is 11.8 Å². The van der Waals surface area contributed by atoms with Crippen molar-refractivity contribution in [3.05, 3.63) is 0 Å². The number of nitrogens with one attached hydrogen (secondary N) is 2. The lowest BCUT2D eigenvalue weighted by Crippen LogP contribution is -2.39. The molecule has 0 aliphatic heterocycles. The fraction of sp³-hybridized carbons (Fsp3) is 0.900. The van der Waals surface area contributed by atoms with Crippen LogP contribution in [0.1, 0.15) is 13.3 Å². The molecular weight excluding hydrogens is 210 g/mol. The third kappa shape index (κ3) is 9.87. The Labute approximate surface area is 97.3 Å². The first-order valence-electron chi connectivity index (χ1n) is 5.35. The van der Waals surface area contributed by atoms with Crippen molar-refractivity contribution in [1.29, 1.82) is 0 Å². The molecule has 0 bridgehead atoms. The van der Waals surface area contributed by atoms with Crippen molar-refractivity contribution in [3.8, 4) is 0 Å². The van der Waals surface area contributed by atoms with Gasteiger partial charge in [-0.3, -0.25) is 4.99 Å². The van der Waals surface area contributed by atoms with Crippen LogP contribution in [0.2, 0.25) is 0 Å². The summed E-state index contributed by atoms with van der Waals surface area (Å²) in [4.78, 5) is 4.45. The Morgan fingerprint density at radius 3 is 2.80 bits per heavy atom. The van der Waals surface area contributed by atoms with Crippen molar-refractivity contribution >= 4 is 17.7 Å². The normalized spacial score (nSPS) is 11.5. The van der Waals surface area contributed by atoms with Gasteiger partial charge in [0.15, 0.2) is 5.96 Å². The molecule has 0 amide bonds. The number of hydrogen-bond acceptors (Lipinski definition) is 3. The zero-order valence-corrected chi connectivity index (χ0v) is 10.8. The molecule has 0 aromatic heterocycles. The predicted octanol–water partition coefficient (Wildman–Crippen LogP) is 0.941. The van der Waals surface area contributed by atoms with Gasteiger partial charge in [-0.05, 0) is 25.4 Å². The molecule has 2 N–H and O–H groups in total. The van der Waals surface area contributed by atoms with E-state index in [0.717, 1.165) is 32.0 Å². The van der Waals surface area contributed by atoms with Gasteiger partial charge in [-0.15, -0.1) is 0 Å². The lowest BCUT2D eigenvalue weighted by Gasteiger charge is -2.10. The zero-order chi connectivity index (χ0) is 11.4. The highest BCUT2D eigenvalue weighted by Crippen LogP contribution is 1.94. The Morgan fingerprint density at radius 1 is 1.40 bits per heavy atom. The number of nitrogens with zero attached hydrogens (tertiary/aromatic N) is 1. The average molecular weight is 233 g/mol. The van der Waals surface area contributed by atoms with Gasteiger partial charge < -0.3 is 15.4 Å². The van der Waals surface area contributed by atoms with E-state index >= 15 is 0 Å². The van der Waals surface area contributed by atoms with Crippen molar-refractivity contribution in [3.63, 3.8) is 0 Å². The van der Waals surface area contributed by atoms with Crippen LogP contribution in [0, 0.1) is 0 Å². The van der Waals surface area contributed by atoms with Gasteiger partial charge >= 0.3 is 0 Å². The average Bonchev–Trinajstić information content (AvgIpc) is 2.24. The van der Waals surface area contributed by atoms with Gasteiger partial charge in [-0.2, -0.15) is 11.8 Å². The van der Waals surface area contributed by atoms with Crippen molar-refractivity contribution in [1.82, 2.24) is 10.6 Å². The van der Waals surface area contributed by atoms with E-state index in [0.29, 0.717) is 6.61 Å². The van der Waals surface area contributed by atoms with Gasteiger partial charge in [0.25, 0.3) is 0 Å². The quantitative estimate of drug-likeness (QED) is 0.372. The van der Waals surface area contributed by atoms with E-state index in [2.05, 4.69) is 28.8 Å².